The Kier molecular flexibility index (Phi) is 6.68. The van der Waals surface area contributed by atoms with E-state index in [-0.39, 0.29) is 6.04 Å². The Morgan fingerprint density at radius 2 is 1.86 bits per heavy atom. The molecule has 1 atom stereocenters. The summed E-state index contributed by atoms with van der Waals surface area (Å²) in [6, 6.07) is 7.30. The molecule has 0 aromatic heterocycles. The van der Waals surface area contributed by atoms with Gasteiger partial charge in [0.1, 0.15) is 0 Å². The Labute approximate surface area is 122 Å². The van der Waals surface area contributed by atoms with E-state index in [0.717, 1.165) is 18.5 Å². The van der Waals surface area contributed by atoms with Gasteiger partial charge in [-0.15, -0.1) is 0 Å². The Balaban J connectivity index is 2.49. The lowest BCUT2D eigenvalue weighted by Crippen LogP contribution is -2.19. The number of amides is 1. The lowest BCUT2D eigenvalue weighted by Gasteiger charge is -2.14. The molecule has 1 amide bonds. The van der Waals surface area contributed by atoms with Crippen LogP contribution in [0.4, 0.5) is 18.9 Å². The van der Waals surface area contributed by atoms with Crippen LogP contribution in [0.3, 0.4) is 0 Å². The normalized spacial score (nSPS) is 13.0. The summed E-state index contributed by atoms with van der Waals surface area (Å²) in [5, 5.41) is 5.80. The molecule has 118 valence electrons. The number of carbonyl (C=O) groups is 1. The van der Waals surface area contributed by atoms with Crippen LogP contribution >= 0.6 is 0 Å². The standard InChI is InChI=1S/C15H21F3N2O/c1-3-10-19-11(2)12-4-6-13(7-5-12)20-14(21)8-9-15(16,17)18/h4-7,11,19H,3,8-10H2,1-2H3,(H,20,21). The monoisotopic (exact) mass is 302 g/mol. The van der Waals surface area contributed by atoms with Gasteiger partial charge in [-0.2, -0.15) is 13.2 Å². The van der Waals surface area contributed by atoms with Crippen LogP contribution in [0.1, 0.15) is 44.7 Å². The molecule has 0 saturated carbocycles. The molecule has 0 fully saturated rings. The number of alkyl halides is 3. The zero-order valence-corrected chi connectivity index (χ0v) is 12.3. The van der Waals surface area contributed by atoms with Crippen molar-refractivity contribution in [3.8, 4) is 0 Å². The predicted molar refractivity (Wildman–Crippen MR) is 77.1 cm³/mol. The van der Waals surface area contributed by atoms with E-state index in [2.05, 4.69) is 17.6 Å². The predicted octanol–water partition coefficient (Wildman–Crippen LogP) is 4.03. The second kappa shape index (κ2) is 8.02. The van der Waals surface area contributed by atoms with Gasteiger partial charge in [-0.05, 0) is 37.6 Å². The van der Waals surface area contributed by atoms with Crippen molar-refractivity contribution in [3.05, 3.63) is 29.8 Å². The first kappa shape index (κ1) is 17.5. The molecule has 1 unspecified atom stereocenters. The zero-order valence-electron chi connectivity index (χ0n) is 12.3. The smallest absolute Gasteiger partial charge is 0.326 e. The zero-order chi connectivity index (χ0) is 15.9. The number of carbonyl (C=O) groups excluding carboxylic acids is 1. The molecule has 0 bridgehead atoms. The van der Waals surface area contributed by atoms with Gasteiger partial charge in [0.25, 0.3) is 0 Å². The second-order valence-corrected chi connectivity index (χ2v) is 4.96. The van der Waals surface area contributed by atoms with E-state index in [1.54, 1.807) is 12.1 Å². The van der Waals surface area contributed by atoms with Crippen LogP contribution in [-0.4, -0.2) is 18.6 Å². The van der Waals surface area contributed by atoms with E-state index in [4.69, 9.17) is 0 Å². The first-order valence-electron chi connectivity index (χ1n) is 7.01. The van der Waals surface area contributed by atoms with Crippen molar-refractivity contribution in [3.63, 3.8) is 0 Å². The van der Waals surface area contributed by atoms with Crippen LogP contribution in [0.2, 0.25) is 0 Å². The molecule has 1 rings (SSSR count). The van der Waals surface area contributed by atoms with E-state index in [1.807, 2.05) is 19.1 Å². The maximum Gasteiger partial charge on any atom is 0.389 e. The molecule has 1 aromatic carbocycles. The minimum atomic E-state index is -4.30. The largest absolute Gasteiger partial charge is 0.389 e. The average molecular weight is 302 g/mol. The van der Waals surface area contributed by atoms with Gasteiger partial charge in [0.05, 0.1) is 6.42 Å². The summed E-state index contributed by atoms with van der Waals surface area (Å²) in [6.45, 7) is 5.03. The summed E-state index contributed by atoms with van der Waals surface area (Å²) in [5.41, 5.74) is 1.57. The van der Waals surface area contributed by atoms with Gasteiger partial charge in [-0.25, -0.2) is 0 Å². The first-order chi connectivity index (χ1) is 9.81. The van der Waals surface area contributed by atoms with Crippen molar-refractivity contribution in [1.29, 1.82) is 0 Å². The van der Waals surface area contributed by atoms with Crippen molar-refractivity contribution in [2.75, 3.05) is 11.9 Å². The van der Waals surface area contributed by atoms with Crippen molar-refractivity contribution in [2.24, 2.45) is 0 Å². The maximum absolute atomic E-state index is 12.0. The summed E-state index contributed by atoms with van der Waals surface area (Å²) in [5.74, 6) is -0.628. The lowest BCUT2D eigenvalue weighted by atomic mass is 10.1. The molecule has 0 radical (unpaired) electrons. The number of anilines is 1. The van der Waals surface area contributed by atoms with Crippen LogP contribution in [0.15, 0.2) is 24.3 Å². The summed E-state index contributed by atoms with van der Waals surface area (Å²) in [6.07, 6.45) is -4.92. The Bertz CT molecular complexity index is 443. The molecule has 0 aliphatic heterocycles. The number of benzene rings is 1. The molecule has 0 saturated heterocycles. The number of nitrogens with one attached hydrogen (secondary N) is 2. The maximum atomic E-state index is 12.0. The minimum Gasteiger partial charge on any atom is -0.326 e. The van der Waals surface area contributed by atoms with Crippen molar-refractivity contribution >= 4 is 11.6 Å². The van der Waals surface area contributed by atoms with E-state index in [0.29, 0.717) is 5.69 Å². The van der Waals surface area contributed by atoms with Gasteiger partial charge in [-0.3, -0.25) is 4.79 Å². The first-order valence-corrected chi connectivity index (χ1v) is 7.01. The fraction of sp³-hybridized carbons (Fsp3) is 0.533. The Morgan fingerprint density at radius 1 is 1.24 bits per heavy atom. The quantitative estimate of drug-likeness (QED) is 0.798. The van der Waals surface area contributed by atoms with Crippen LogP contribution < -0.4 is 10.6 Å². The van der Waals surface area contributed by atoms with E-state index in [1.165, 1.54) is 0 Å². The topological polar surface area (TPSA) is 41.1 Å². The van der Waals surface area contributed by atoms with Gasteiger partial charge in [0, 0.05) is 18.2 Å². The minimum absolute atomic E-state index is 0.194. The highest BCUT2D eigenvalue weighted by molar-refractivity contribution is 5.90. The summed E-state index contributed by atoms with van der Waals surface area (Å²) < 4.78 is 36.0. The number of hydrogen-bond donors (Lipinski definition) is 2. The Hall–Kier alpha value is -1.56. The van der Waals surface area contributed by atoms with Crippen molar-refractivity contribution < 1.29 is 18.0 Å². The lowest BCUT2D eigenvalue weighted by molar-refractivity contribution is -0.142. The number of halogens is 3. The van der Waals surface area contributed by atoms with Crippen molar-refractivity contribution in [1.82, 2.24) is 5.32 Å². The molecule has 1 aromatic rings. The summed E-state index contributed by atoms with van der Waals surface area (Å²) in [4.78, 5) is 11.4. The molecule has 0 aliphatic carbocycles. The molecule has 0 heterocycles. The molecular weight excluding hydrogens is 281 g/mol. The molecule has 0 aliphatic rings. The highest BCUT2D eigenvalue weighted by atomic mass is 19.4. The highest BCUT2D eigenvalue weighted by Gasteiger charge is 2.27. The van der Waals surface area contributed by atoms with Crippen LogP contribution in [0, 0.1) is 0 Å². The number of hydrogen-bond acceptors (Lipinski definition) is 2. The molecule has 3 nitrogen and oxygen atoms in total. The third kappa shape index (κ3) is 7.13. The SMILES string of the molecule is CCCNC(C)c1ccc(NC(=O)CCC(F)(F)F)cc1. The summed E-state index contributed by atoms with van der Waals surface area (Å²) >= 11 is 0. The second-order valence-electron chi connectivity index (χ2n) is 4.96. The average Bonchev–Trinajstić information content (AvgIpc) is 2.42. The molecule has 2 N–H and O–H groups in total. The van der Waals surface area contributed by atoms with Crippen LogP contribution in [0.5, 0.6) is 0 Å². The highest BCUT2D eigenvalue weighted by Crippen LogP contribution is 2.22. The van der Waals surface area contributed by atoms with E-state index in [9.17, 15) is 18.0 Å². The number of rotatable bonds is 7. The molecule has 0 spiro atoms. The van der Waals surface area contributed by atoms with Gasteiger partial charge < -0.3 is 10.6 Å². The van der Waals surface area contributed by atoms with Gasteiger partial charge in [0.2, 0.25) is 5.91 Å². The molecular formula is C15H21F3N2O. The third-order valence-corrected chi connectivity index (χ3v) is 3.03. The van der Waals surface area contributed by atoms with Crippen molar-refractivity contribution in [2.45, 2.75) is 45.3 Å². The van der Waals surface area contributed by atoms with Gasteiger partial charge in [0.15, 0.2) is 0 Å². The van der Waals surface area contributed by atoms with Crippen LogP contribution in [0.25, 0.3) is 0 Å². The fourth-order valence-corrected chi connectivity index (χ4v) is 1.81. The van der Waals surface area contributed by atoms with E-state index < -0.39 is 24.9 Å². The van der Waals surface area contributed by atoms with Gasteiger partial charge >= 0.3 is 6.18 Å². The fourth-order valence-electron chi connectivity index (χ4n) is 1.81. The van der Waals surface area contributed by atoms with E-state index >= 15 is 0 Å². The third-order valence-electron chi connectivity index (χ3n) is 3.03. The van der Waals surface area contributed by atoms with Crippen LogP contribution in [-0.2, 0) is 4.79 Å². The van der Waals surface area contributed by atoms with Gasteiger partial charge in [-0.1, -0.05) is 19.1 Å². The summed E-state index contributed by atoms with van der Waals surface area (Å²) in [7, 11) is 0. The Morgan fingerprint density at radius 3 is 2.38 bits per heavy atom. The molecule has 21 heavy (non-hydrogen) atoms. The molecule has 6 heteroatoms.